The van der Waals surface area contributed by atoms with Gasteiger partial charge < -0.3 is 5.32 Å². The Hall–Kier alpha value is -0.620. The molecule has 2 nitrogen and oxygen atoms in total. The quantitative estimate of drug-likeness (QED) is 0.839. The first-order valence-electron chi connectivity index (χ1n) is 5.70. The molecule has 1 N–H and O–H groups in total. The van der Waals surface area contributed by atoms with Crippen LogP contribution in [0, 0.1) is 0 Å². The van der Waals surface area contributed by atoms with E-state index in [-0.39, 0.29) is 5.54 Å². The number of halogens is 3. The fourth-order valence-electron chi connectivity index (χ4n) is 2.10. The SMILES string of the molecule is CC1(c2cnc(C(F)(F)F)s2)CCCCCN1. The van der Waals surface area contributed by atoms with E-state index in [9.17, 15) is 13.2 Å². The Morgan fingerprint density at radius 3 is 2.76 bits per heavy atom. The van der Waals surface area contributed by atoms with Gasteiger partial charge in [-0.1, -0.05) is 12.8 Å². The van der Waals surface area contributed by atoms with Crippen molar-refractivity contribution in [2.24, 2.45) is 0 Å². The van der Waals surface area contributed by atoms with Crippen LogP contribution in [0.15, 0.2) is 6.20 Å². The Morgan fingerprint density at radius 1 is 1.35 bits per heavy atom. The van der Waals surface area contributed by atoms with Gasteiger partial charge in [0.1, 0.15) is 0 Å². The van der Waals surface area contributed by atoms with Crippen LogP contribution in [-0.4, -0.2) is 11.5 Å². The monoisotopic (exact) mass is 264 g/mol. The molecule has 1 fully saturated rings. The minimum absolute atomic E-state index is 0.350. The fourth-order valence-corrected chi connectivity index (χ4v) is 3.04. The van der Waals surface area contributed by atoms with Gasteiger partial charge in [-0.25, -0.2) is 4.98 Å². The summed E-state index contributed by atoms with van der Waals surface area (Å²) in [6, 6.07) is 0. The first-order chi connectivity index (χ1) is 7.92. The number of hydrogen-bond acceptors (Lipinski definition) is 3. The Labute approximate surface area is 102 Å². The first-order valence-corrected chi connectivity index (χ1v) is 6.52. The first kappa shape index (κ1) is 12.8. The number of nitrogens with zero attached hydrogens (tertiary/aromatic N) is 1. The van der Waals surface area contributed by atoms with Crippen molar-refractivity contribution < 1.29 is 13.2 Å². The van der Waals surface area contributed by atoms with Gasteiger partial charge >= 0.3 is 6.18 Å². The summed E-state index contributed by atoms with van der Waals surface area (Å²) in [5, 5.41) is 2.59. The third-order valence-electron chi connectivity index (χ3n) is 3.16. The predicted molar refractivity (Wildman–Crippen MR) is 60.9 cm³/mol. The molecule has 17 heavy (non-hydrogen) atoms. The molecule has 96 valence electrons. The average molecular weight is 264 g/mol. The molecule has 0 amide bonds. The molecule has 0 aliphatic carbocycles. The highest BCUT2D eigenvalue weighted by molar-refractivity contribution is 7.11. The van der Waals surface area contributed by atoms with Gasteiger partial charge in [0.2, 0.25) is 0 Å². The van der Waals surface area contributed by atoms with Gasteiger partial charge in [0, 0.05) is 11.1 Å². The van der Waals surface area contributed by atoms with Gasteiger partial charge in [-0.15, -0.1) is 11.3 Å². The van der Waals surface area contributed by atoms with E-state index in [0.29, 0.717) is 4.88 Å². The Kier molecular flexibility index (Phi) is 3.45. The molecule has 2 rings (SSSR count). The van der Waals surface area contributed by atoms with Crippen molar-refractivity contribution in [2.75, 3.05) is 6.54 Å². The summed E-state index contributed by atoms with van der Waals surface area (Å²) in [7, 11) is 0. The number of alkyl halides is 3. The molecule has 0 radical (unpaired) electrons. The van der Waals surface area contributed by atoms with E-state index >= 15 is 0 Å². The van der Waals surface area contributed by atoms with Crippen LogP contribution in [0.3, 0.4) is 0 Å². The molecule has 1 saturated heterocycles. The average Bonchev–Trinajstić information content (AvgIpc) is 2.64. The lowest BCUT2D eigenvalue weighted by molar-refractivity contribution is -0.137. The van der Waals surface area contributed by atoms with Gasteiger partial charge in [-0.2, -0.15) is 13.2 Å². The number of thiazole rings is 1. The lowest BCUT2D eigenvalue weighted by Crippen LogP contribution is -2.37. The molecule has 1 aromatic heterocycles. The van der Waals surface area contributed by atoms with E-state index in [0.717, 1.165) is 43.6 Å². The number of hydrogen-bond donors (Lipinski definition) is 1. The molecular weight excluding hydrogens is 249 g/mol. The van der Waals surface area contributed by atoms with Crippen LogP contribution in [0.1, 0.15) is 42.5 Å². The van der Waals surface area contributed by atoms with Gasteiger partial charge in [-0.05, 0) is 26.3 Å². The molecule has 1 unspecified atom stereocenters. The number of rotatable bonds is 1. The van der Waals surface area contributed by atoms with Crippen molar-refractivity contribution in [1.82, 2.24) is 10.3 Å². The molecule has 1 aliphatic rings. The molecule has 2 heterocycles. The van der Waals surface area contributed by atoms with E-state index in [1.807, 2.05) is 6.92 Å². The smallest absolute Gasteiger partial charge is 0.307 e. The van der Waals surface area contributed by atoms with Crippen LogP contribution in [0.5, 0.6) is 0 Å². The van der Waals surface area contributed by atoms with Crippen molar-refractivity contribution in [3.63, 3.8) is 0 Å². The second-order valence-electron chi connectivity index (χ2n) is 4.60. The Bertz CT molecular complexity index is 378. The largest absolute Gasteiger partial charge is 0.443 e. The summed E-state index contributed by atoms with van der Waals surface area (Å²) in [4.78, 5) is 4.18. The minimum Gasteiger partial charge on any atom is -0.307 e. The highest BCUT2D eigenvalue weighted by Gasteiger charge is 2.37. The van der Waals surface area contributed by atoms with Crippen LogP contribution in [0.2, 0.25) is 0 Å². The molecule has 0 saturated carbocycles. The molecule has 1 atom stereocenters. The lowest BCUT2D eigenvalue weighted by atomic mass is 9.95. The Morgan fingerprint density at radius 2 is 2.12 bits per heavy atom. The lowest BCUT2D eigenvalue weighted by Gasteiger charge is -2.27. The maximum absolute atomic E-state index is 12.5. The van der Waals surface area contributed by atoms with Crippen molar-refractivity contribution in [3.05, 3.63) is 16.1 Å². The highest BCUT2D eigenvalue weighted by Crippen LogP contribution is 2.38. The van der Waals surface area contributed by atoms with Crippen molar-refractivity contribution in [2.45, 2.75) is 44.3 Å². The molecule has 1 aromatic rings. The van der Waals surface area contributed by atoms with Crippen molar-refractivity contribution in [3.8, 4) is 0 Å². The van der Waals surface area contributed by atoms with Crippen LogP contribution in [-0.2, 0) is 11.7 Å². The molecule has 0 spiro atoms. The van der Waals surface area contributed by atoms with Gasteiger partial charge in [0.25, 0.3) is 0 Å². The van der Waals surface area contributed by atoms with Crippen LogP contribution in [0.25, 0.3) is 0 Å². The van der Waals surface area contributed by atoms with Gasteiger partial charge in [0.15, 0.2) is 5.01 Å². The Balaban J connectivity index is 2.23. The molecule has 0 bridgehead atoms. The minimum atomic E-state index is -4.33. The third-order valence-corrected chi connectivity index (χ3v) is 4.47. The van der Waals surface area contributed by atoms with E-state index in [1.165, 1.54) is 6.20 Å². The van der Waals surface area contributed by atoms with E-state index in [1.54, 1.807) is 0 Å². The van der Waals surface area contributed by atoms with Gasteiger partial charge in [-0.3, -0.25) is 0 Å². The van der Waals surface area contributed by atoms with Gasteiger partial charge in [0.05, 0.1) is 5.54 Å². The van der Waals surface area contributed by atoms with Crippen LogP contribution >= 0.6 is 11.3 Å². The van der Waals surface area contributed by atoms with Crippen LogP contribution < -0.4 is 5.32 Å². The van der Waals surface area contributed by atoms with E-state index in [4.69, 9.17) is 0 Å². The van der Waals surface area contributed by atoms with E-state index < -0.39 is 11.2 Å². The number of nitrogens with one attached hydrogen (secondary N) is 1. The zero-order valence-electron chi connectivity index (χ0n) is 9.60. The maximum atomic E-state index is 12.5. The summed E-state index contributed by atoms with van der Waals surface area (Å²) in [5.74, 6) is 0. The third kappa shape index (κ3) is 2.80. The molecular formula is C11H15F3N2S. The molecule has 6 heteroatoms. The number of aromatic nitrogens is 1. The summed E-state index contributed by atoms with van der Waals surface area (Å²) in [6.07, 6.45) is 1.17. The highest BCUT2D eigenvalue weighted by atomic mass is 32.1. The second-order valence-corrected chi connectivity index (χ2v) is 5.63. The topological polar surface area (TPSA) is 24.9 Å². The molecule has 0 aromatic carbocycles. The van der Waals surface area contributed by atoms with Crippen LogP contribution in [0.4, 0.5) is 13.2 Å². The predicted octanol–water partition coefficient (Wildman–Crippen LogP) is 3.54. The van der Waals surface area contributed by atoms with Crippen molar-refractivity contribution >= 4 is 11.3 Å². The summed E-state index contributed by atoms with van der Waals surface area (Å²) >= 11 is 0.756. The summed E-state index contributed by atoms with van der Waals surface area (Å²) in [6.45, 7) is 2.82. The second kappa shape index (κ2) is 4.57. The zero-order chi connectivity index (χ0) is 12.5. The summed E-state index contributed by atoms with van der Waals surface area (Å²) < 4.78 is 37.5. The standard InChI is InChI=1S/C11H15F3N2S/c1-10(5-3-2-4-6-16-10)8-7-15-9(17-8)11(12,13)14/h7,16H,2-6H2,1H3. The fraction of sp³-hybridized carbons (Fsp3) is 0.727. The molecule has 1 aliphatic heterocycles. The summed E-state index contributed by atoms with van der Waals surface area (Å²) in [5.41, 5.74) is -0.350. The zero-order valence-corrected chi connectivity index (χ0v) is 10.4. The maximum Gasteiger partial charge on any atom is 0.443 e. The van der Waals surface area contributed by atoms with E-state index in [2.05, 4.69) is 10.3 Å². The normalized spacial score (nSPS) is 26.8. The van der Waals surface area contributed by atoms with Crippen molar-refractivity contribution in [1.29, 1.82) is 0 Å².